The topological polar surface area (TPSA) is 50.9 Å². The van der Waals surface area contributed by atoms with E-state index in [0.29, 0.717) is 17.9 Å². The first-order chi connectivity index (χ1) is 8.08. The standard InChI is InChI=1S/C11H11ClFN3S/c1-6-11(17-5-16-6)4-15-10-2-7(12)8(13)3-9(10)14/h2-3,5,15H,4,14H2,1H3. The lowest BCUT2D eigenvalue weighted by Crippen LogP contribution is -2.03. The number of nitrogens with two attached hydrogens (primary N) is 1. The van der Waals surface area contributed by atoms with E-state index in [0.717, 1.165) is 10.6 Å². The Morgan fingerprint density at radius 3 is 2.94 bits per heavy atom. The van der Waals surface area contributed by atoms with Crippen molar-refractivity contribution in [2.45, 2.75) is 13.5 Å². The second-order valence-corrected chi connectivity index (χ2v) is 4.91. The van der Waals surface area contributed by atoms with Gasteiger partial charge in [0.15, 0.2) is 0 Å². The van der Waals surface area contributed by atoms with Crippen molar-refractivity contribution in [2.75, 3.05) is 11.1 Å². The fourth-order valence-corrected chi connectivity index (χ4v) is 2.27. The summed E-state index contributed by atoms with van der Waals surface area (Å²) in [5, 5.41) is 3.18. The molecule has 0 aliphatic carbocycles. The molecule has 0 aliphatic heterocycles. The average Bonchev–Trinajstić information content (AvgIpc) is 2.68. The maximum Gasteiger partial charge on any atom is 0.143 e. The molecule has 0 radical (unpaired) electrons. The smallest absolute Gasteiger partial charge is 0.143 e. The number of benzene rings is 1. The number of aryl methyl sites for hydroxylation is 1. The molecule has 3 N–H and O–H groups in total. The quantitative estimate of drug-likeness (QED) is 0.841. The van der Waals surface area contributed by atoms with Crippen molar-refractivity contribution in [1.82, 2.24) is 4.98 Å². The van der Waals surface area contributed by atoms with Gasteiger partial charge in [-0.25, -0.2) is 9.37 Å². The average molecular weight is 272 g/mol. The Labute approximate surface area is 107 Å². The van der Waals surface area contributed by atoms with Crippen molar-refractivity contribution < 1.29 is 4.39 Å². The highest BCUT2D eigenvalue weighted by Crippen LogP contribution is 2.27. The SMILES string of the molecule is Cc1ncsc1CNc1cc(Cl)c(F)cc1N. The largest absolute Gasteiger partial charge is 0.397 e. The molecular formula is C11H11ClFN3S. The van der Waals surface area contributed by atoms with Gasteiger partial charge in [-0.15, -0.1) is 11.3 Å². The molecule has 90 valence electrons. The third-order valence-electron chi connectivity index (χ3n) is 2.38. The van der Waals surface area contributed by atoms with E-state index >= 15 is 0 Å². The van der Waals surface area contributed by atoms with Crippen LogP contribution in [0.1, 0.15) is 10.6 Å². The third kappa shape index (κ3) is 2.68. The maximum atomic E-state index is 13.1. The van der Waals surface area contributed by atoms with Crippen LogP contribution in [0.15, 0.2) is 17.6 Å². The second-order valence-electron chi connectivity index (χ2n) is 3.57. The van der Waals surface area contributed by atoms with Crippen LogP contribution in [0, 0.1) is 12.7 Å². The number of nitrogens with zero attached hydrogens (tertiary/aromatic N) is 1. The molecule has 2 rings (SSSR count). The summed E-state index contributed by atoms with van der Waals surface area (Å²) in [7, 11) is 0. The number of nitrogen functional groups attached to an aromatic ring is 1. The summed E-state index contributed by atoms with van der Waals surface area (Å²) in [4.78, 5) is 5.26. The Hall–Kier alpha value is -1.33. The molecule has 0 unspecified atom stereocenters. The van der Waals surface area contributed by atoms with Crippen molar-refractivity contribution in [1.29, 1.82) is 0 Å². The number of anilines is 2. The second kappa shape index (κ2) is 4.89. The number of hydrogen-bond acceptors (Lipinski definition) is 4. The lowest BCUT2D eigenvalue weighted by atomic mass is 10.2. The highest BCUT2D eigenvalue weighted by atomic mass is 35.5. The number of rotatable bonds is 3. The van der Waals surface area contributed by atoms with E-state index in [1.807, 2.05) is 6.92 Å². The lowest BCUT2D eigenvalue weighted by Gasteiger charge is -2.09. The van der Waals surface area contributed by atoms with E-state index in [9.17, 15) is 4.39 Å². The van der Waals surface area contributed by atoms with Gasteiger partial charge in [-0.2, -0.15) is 0 Å². The first-order valence-electron chi connectivity index (χ1n) is 4.95. The van der Waals surface area contributed by atoms with E-state index in [1.54, 1.807) is 16.8 Å². The molecule has 17 heavy (non-hydrogen) atoms. The molecule has 2 aromatic rings. The van der Waals surface area contributed by atoms with Crippen LogP contribution in [0.5, 0.6) is 0 Å². The van der Waals surface area contributed by atoms with Crippen LogP contribution in [0.4, 0.5) is 15.8 Å². The van der Waals surface area contributed by atoms with Crippen LogP contribution in [0.3, 0.4) is 0 Å². The van der Waals surface area contributed by atoms with Gasteiger partial charge in [0.2, 0.25) is 0 Å². The minimum atomic E-state index is -0.510. The minimum Gasteiger partial charge on any atom is -0.397 e. The summed E-state index contributed by atoms with van der Waals surface area (Å²) in [6.45, 7) is 2.54. The molecule has 0 amide bonds. The molecule has 6 heteroatoms. The summed E-state index contributed by atoms with van der Waals surface area (Å²) >= 11 is 7.26. The fraction of sp³-hybridized carbons (Fsp3) is 0.182. The predicted octanol–water partition coefficient (Wildman–Crippen LogP) is 3.44. The monoisotopic (exact) mass is 271 g/mol. The molecule has 0 spiro atoms. The summed E-state index contributed by atoms with van der Waals surface area (Å²) in [6, 6.07) is 2.70. The number of halogens is 2. The van der Waals surface area contributed by atoms with Crippen molar-refractivity contribution in [3.63, 3.8) is 0 Å². The Bertz CT molecular complexity index is 542. The Balaban J connectivity index is 2.14. The van der Waals surface area contributed by atoms with Gasteiger partial charge in [-0.05, 0) is 13.0 Å². The Kier molecular flexibility index (Phi) is 3.49. The van der Waals surface area contributed by atoms with Gasteiger partial charge in [0.1, 0.15) is 5.82 Å². The van der Waals surface area contributed by atoms with Crippen molar-refractivity contribution in [3.8, 4) is 0 Å². The summed E-state index contributed by atoms with van der Waals surface area (Å²) in [5.41, 5.74) is 9.43. The van der Waals surface area contributed by atoms with Crippen LogP contribution in [0.25, 0.3) is 0 Å². The first kappa shape index (κ1) is 12.1. The van der Waals surface area contributed by atoms with Gasteiger partial charge in [-0.1, -0.05) is 11.6 Å². The van der Waals surface area contributed by atoms with Crippen LogP contribution in [0.2, 0.25) is 5.02 Å². The zero-order valence-corrected chi connectivity index (χ0v) is 10.7. The van der Waals surface area contributed by atoms with Gasteiger partial charge < -0.3 is 11.1 Å². The van der Waals surface area contributed by atoms with E-state index in [2.05, 4.69) is 10.3 Å². The van der Waals surface area contributed by atoms with Crippen molar-refractivity contribution in [3.05, 3.63) is 39.1 Å². The first-order valence-corrected chi connectivity index (χ1v) is 6.21. The summed E-state index contributed by atoms with van der Waals surface area (Å²) in [6.07, 6.45) is 0. The van der Waals surface area contributed by atoms with E-state index in [1.165, 1.54) is 12.1 Å². The Morgan fingerprint density at radius 2 is 2.29 bits per heavy atom. The maximum absolute atomic E-state index is 13.1. The molecule has 0 bridgehead atoms. The van der Waals surface area contributed by atoms with Crippen molar-refractivity contribution in [2.24, 2.45) is 0 Å². The number of aromatic nitrogens is 1. The lowest BCUT2D eigenvalue weighted by molar-refractivity contribution is 0.629. The summed E-state index contributed by atoms with van der Waals surface area (Å²) in [5.74, 6) is -0.510. The van der Waals surface area contributed by atoms with Crippen LogP contribution < -0.4 is 11.1 Å². The highest BCUT2D eigenvalue weighted by Gasteiger charge is 2.07. The van der Waals surface area contributed by atoms with Crippen LogP contribution >= 0.6 is 22.9 Å². The normalized spacial score (nSPS) is 10.5. The fourth-order valence-electron chi connectivity index (χ4n) is 1.39. The van der Waals surface area contributed by atoms with E-state index in [4.69, 9.17) is 17.3 Å². The van der Waals surface area contributed by atoms with E-state index < -0.39 is 5.82 Å². The number of thiazole rings is 1. The van der Waals surface area contributed by atoms with Crippen LogP contribution in [-0.4, -0.2) is 4.98 Å². The molecule has 0 saturated carbocycles. The van der Waals surface area contributed by atoms with Crippen molar-refractivity contribution >= 4 is 34.3 Å². The molecule has 1 heterocycles. The molecular weight excluding hydrogens is 261 g/mol. The molecule has 1 aromatic heterocycles. The van der Waals surface area contributed by atoms with Gasteiger partial charge in [0, 0.05) is 10.9 Å². The van der Waals surface area contributed by atoms with Crippen LogP contribution in [-0.2, 0) is 6.54 Å². The Morgan fingerprint density at radius 1 is 1.53 bits per heavy atom. The number of hydrogen-bond donors (Lipinski definition) is 2. The van der Waals surface area contributed by atoms with E-state index in [-0.39, 0.29) is 5.02 Å². The minimum absolute atomic E-state index is 0.0581. The highest BCUT2D eigenvalue weighted by molar-refractivity contribution is 7.09. The van der Waals surface area contributed by atoms with Gasteiger partial charge in [0.25, 0.3) is 0 Å². The molecule has 0 aliphatic rings. The molecule has 0 atom stereocenters. The number of nitrogens with one attached hydrogen (secondary N) is 1. The molecule has 1 aromatic carbocycles. The zero-order chi connectivity index (χ0) is 12.4. The molecule has 3 nitrogen and oxygen atoms in total. The van der Waals surface area contributed by atoms with Gasteiger partial charge in [0.05, 0.1) is 34.1 Å². The molecule has 0 saturated heterocycles. The zero-order valence-electron chi connectivity index (χ0n) is 9.13. The third-order valence-corrected chi connectivity index (χ3v) is 3.60. The molecule has 0 fully saturated rings. The predicted molar refractivity (Wildman–Crippen MR) is 70.0 cm³/mol. The van der Waals surface area contributed by atoms with Gasteiger partial charge in [-0.3, -0.25) is 0 Å². The van der Waals surface area contributed by atoms with Gasteiger partial charge >= 0.3 is 0 Å². The summed E-state index contributed by atoms with van der Waals surface area (Å²) < 4.78 is 13.1.